The molecule has 0 aliphatic rings. The molecule has 2 heterocycles. The lowest BCUT2D eigenvalue weighted by Crippen LogP contribution is -2.19. The fourth-order valence-electron chi connectivity index (χ4n) is 3.42. The Morgan fingerprint density at radius 3 is 2.31 bits per heavy atom. The Morgan fingerprint density at radius 2 is 1.66 bits per heavy atom. The fourth-order valence-corrected chi connectivity index (χ4v) is 3.42. The molecule has 2 aromatic carbocycles. The lowest BCUT2D eigenvalue weighted by molar-refractivity contribution is 0.291. The molecule has 0 saturated heterocycles. The Bertz CT molecular complexity index is 1200. The Labute approximate surface area is 185 Å². The maximum Gasteiger partial charge on any atom is 0.212 e. The molecule has 1 N–H and O–H groups in total. The number of methoxy groups -OCH3 is 2. The van der Waals surface area contributed by atoms with Crippen molar-refractivity contribution < 1.29 is 19.0 Å². The number of fused-ring (bicyclic) bond motifs is 1. The second-order valence-electron chi connectivity index (χ2n) is 7.10. The van der Waals surface area contributed by atoms with E-state index >= 15 is 0 Å². The largest absolute Gasteiger partial charge is 0.497 e. The molecule has 8 heteroatoms. The van der Waals surface area contributed by atoms with E-state index in [1.807, 2.05) is 36.4 Å². The molecule has 0 atom stereocenters. The van der Waals surface area contributed by atoms with Crippen LogP contribution in [0.4, 0.5) is 15.8 Å². The summed E-state index contributed by atoms with van der Waals surface area (Å²) in [5.41, 5.74) is 4.45. The van der Waals surface area contributed by atoms with Crippen molar-refractivity contribution in [3.63, 3.8) is 0 Å². The van der Waals surface area contributed by atoms with Gasteiger partial charge in [-0.25, -0.2) is 9.97 Å². The van der Waals surface area contributed by atoms with Gasteiger partial charge in [0.1, 0.15) is 11.5 Å². The predicted molar refractivity (Wildman–Crippen MR) is 121 cm³/mol. The van der Waals surface area contributed by atoms with Gasteiger partial charge in [-0.05, 0) is 36.8 Å². The zero-order chi connectivity index (χ0) is 22.5. The molecule has 0 aliphatic heterocycles. The third kappa shape index (κ3) is 4.60. The zero-order valence-corrected chi connectivity index (χ0v) is 17.8. The topological polar surface area (TPSA) is 80.6 Å². The Morgan fingerprint density at radius 1 is 0.875 bits per heavy atom. The molecule has 0 unspecified atom stereocenters. The lowest BCUT2D eigenvalue weighted by atomic mass is 10.1. The van der Waals surface area contributed by atoms with Crippen molar-refractivity contribution in [2.75, 3.05) is 32.3 Å². The summed E-state index contributed by atoms with van der Waals surface area (Å²) in [5.74, 6) is 0.790. The van der Waals surface area contributed by atoms with Crippen LogP contribution >= 0.6 is 0 Å². The predicted octanol–water partition coefficient (Wildman–Crippen LogP) is 4.37. The van der Waals surface area contributed by atoms with Gasteiger partial charge in [0.25, 0.3) is 0 Å². The van der Waals surface area contributed by atoms with Crippen molar-refractivity contribution >= 4 is 22.4 Å². The zero-order valence-electron chi connectivity index (χ0n) is 17.8. The number of hydrogen-bond donors (Lipinski definition) is 1. The molecule has 0 aliphatic carbocycles. The molecule has 0 amide bonds. The maximum absolute atomic E-state index is 13.2. The van der Waals surface area contributed by atoms with Crippen LogP contribution in [0.5, 0.6) is 11.5 Å². The third-order valence-corrected chi connectivity index (χ3v) is 5.05. The van der Waals surface area contributed by atoms with Gasteiger partial charge < -0.3 is 19.5 Å². The van der Waals surface area contributed by atoms with E-state index in [0.717, 1.165) is 16.9 Å². The highest BCUT2D eigenvalue weighted by molar-refractivity contribution is 5.82. The summed E-state index contributed by atoms with van der Waals surface area (Å²) in [6.45, 7) is 0.639. The molecule has 164 valence electrons. The van der Waals surface area contributed by atoms with Crippen LogP contribution in [-0.4, -0.2) is 47.4 Å². The standard InChI is InChI=1S/C24H23FN4O3/c1-31-19-10-18(11-20(13-19)32-2)29(8-3-9-30)17-5-6-21-22(12-17)28-23(15-26-21)16-4-7-24(25)27-14-16/h4-7,10-15,30H,3,8-9H2,1-2H3. The number of ether oxygens (including phenoxy) is 2. The molecule has 0 spiro atoms. The first-order chi connectivity index (χ1) is 15.6. The minimum absolute atomic E-state index is 0.0622. The quantitative estimate of drug-likeness (QED) is 0.413. The number of pyridine rings is 1. The van der Waals surface area contributed by atoms with Crippen LogP contribution < -0.4 is 14.4 Å². The minimum atomic E-state index is -0.543. The summed E-state index contributed by atoms with van der Waals surface area (Å²) in [4.78, 5) is 15.0. The van der Waals surface area contributed by atoms with Crippen LogP contribution in [0.1, 0.15) is 6.42 Å². The molecule has 0 bridgehead atoms. The minimum Gasteiger partial charge on any atom is -0.497 e. The van der Waals surface area contributed by atoms with Gasteiger partial charge in [-0.2, -0.15) is 4.39 Å². The summed E-state index contributed by atoms with van der Waals surface area (Å²) >= 11 is 0. The van der Waals surface area contributed by atoms with Gasteiger partial charge in [-0.1, -0.05) is 0 Å². The van der Waals surface area contributed by atoms with Crippen LogP contribution in [0.2, 0.25) is 0 Å². The summed E-state index contributed by atoms with van der Waals surface area (Å²) in [6.07, 6.45) is 3.66. The molecule has 32 heavy (non-hydrogen) atoms. The molecular weight excluding hydrogens is 411 g/mol. The Balaban J connectivity index is 1.78. The van der Waals surface area contributed by atoms with E-state index < -0.39 is 5.95 Å². The number of aromatic nitrogens is 3. The molecule has 7 nitrogen and oxygen atoms in total. The highest BCUT2D eigenvalue weighted by Gasteiger charge is 2.14. The van der Waals surface area contributed by atoms with E-state index in [-0.39, 0.29) is 6.61 Å². The van der Waals surface area contributed by atoms with Crippen molar-refractivity contribution in [1.29, 1.82) is 0 Å². The number of aliphatic hydroxyl groups is 1. The second-order valence-corrected chi connectivity index (χ2v) is 7.10. The second kappa shape index (κ2) is 9.57. The van der Waals surface area contributed by atoms with E-state index in [0.29, 0.717) is 41.2 Å². The van der Waals surface area contributed by atoms with Gasteiger partial charge in [0.2, 0.25) is 5.95 Å². The molecular formula is C24H23FN4O3. The van der Waals surface area contributed by atoms with Gasteiger partial charge in [-0.15, -0.1) is 0 Å². The van der Waals surface area contributed by atoms with Gasteiger partial charge >= 0.3 is 0 Å². The van der Waals surface area contributed by atoms with Crippen molar-refractivity contribution in [3.05, 3.63) is 66.9 Å². The summed E-state index contributed by atoms with van der Waals surface area (Å²) in [6, 6.07) is 14.3. The van der Waals surface area contributed by atoms with E-state index in [2.05, 4.69) is 14.9 Å². The number of hydrogen-bond acceptors (Lipinski definition) is 7. The lowest BCUT2D eigenvalue weighted by Gasteiger charge is -2.26. The van der Waals surface area contributed by atoms with Gasteiger partial charge in [-0.3, -0.25) is 4.98 Å². The molecule has 4 rings (SSSR count). The normalized spacial score (nSPS) is 10.9. The summed E-state index contributed by atoms with van der Waals surface area (Å²) in [7, 11) is 3.21. The number of rotatable bonds is 8. The molecule has 2 aromatic heterocycles. The summed E-state index contributed by atoms with van der Waals surface area (Å²) in [5, 5.41) is 9.43. The number of nitrogens with zero attached hydrogens (tertiary/aromatic N) is 4. The third-order valence-electron chi connectivity index (χ3n) is 5.05. The van der Waals surface area contributed by atoms with Gasteiger partial charge in [0, 0.05) is 54.5 Å². The van der Waals surface area contributed by atoms with Gasteiger partial charge in [0.15, 0.2) is 0 Å². The Kier molecular flexibility index (Phi) is 6.42. The van der Waals surface area contributed by atoms with Crippen LogP contribution in [0.15, 0.2) is 60.9 Å². The van der Waals surface area contributed by atoms with Crippen LogP contribution in [-0.2, 0) is 0 Å². The first kappa shape index (κ1) is 21.5. The average Bonchev–Trinajstić information content (AvgIpc) is 2.84. The Hall–Kier alpha value is -3.78. The van der Waals surface area contributed by atoms with Crippen molar-refractivity contribution in [2.24, 2.45) is 0 Å². The van der Waals surface area contributed by atoms with E-state index in [4.69, 9.17) is 14.5 Å². The number of anilines is 2. The SMILES string of the molecule is COc1cc(OC)cc(N(CCCO)c2ccc3ncc(-c4ccc(F)nc4)nc3c2)c1. The number of halogens is 1. The molecule has 0 saturated carbocycles. The molecule has 4 aromatic rings. The van der Waals surface area contributed by atoms with Crippen molar-refractivity contribution in [1.82, 2.24) is 15.0 Å². The molecule has 0 fully saturated rings. The smallest absolute Gasteiger partial charge is 0.212 e. The highest BCUT2D eigenvalue weighted by Crippen LogP contribution is 2.34. The average molecular weight is 434 g/mol. The van der Waals surface area contributed by atoms with E-state index in [9.17, 15) is 9.50 Å². The maximum atomic E-state index is 13.2. The highest BCUT2D eigenvalue weighted by atomic mass is 19.1. The fraction of sp³-hybridized carbons (Fsp3) is 0.208. The summed E-state index contributed by atoms with van der Waals surface area (Å²) < 4.78 is 24.0. The number of benzene rings is 2. The van der Waals surface area contributed by atoms with Crippen LogP contribution in [0, 0.1) is 5.95 Å². The first-order valence-electron chi connectivity index (χ1n) is 10.1. The van der Waals surface area contributed by atoms with Crippen LogP contribution in [0.3, 0.4) is 0 Å². The molecule has 0 radical (unpaired) electrons. The van der Waals surface area contributed by atoms with Crippen molar-refractivity contribution in [3.8, 4) is 22.8 Å². The van der Waals surface area contributed by atoms with E-state index in [1.54, 1.807) is 26.5 Å². The van der Waals surface area contributed by atoms with Gasteiger partial charge in [0.05, 0.1) is 37.1 Å². The first-order valence-corrected chi connectivity index (χ1v) is 10.1. The monoisotopic (exact) mass is 434 g/mol. The van der Waals surface area contributed by atoms with Crippen LogP contribution in [0.25, 0.3) is 22.3 Å². The van der Waals surface area contributed by atoms with Crippen molar-refractivity contribution in [2.45, 2.75) is 6.42 Å². The van der Waals surface area contributed by atoms with E-state index in [1.165, 1.54) is 12.3 Å². The number of aliphatic hydroxyl groups excluding tert-OH is 1.